The molecule has 4 aromatic rings. The number of aromatic nitrogens is 3. The summed E-state index contributed by atoms with van der Waals surface area (Å²) in [5.41, 5.74) is 5.19. The number of hydrogen-bond donors (Lipinski definition) is 1. The Balaban J connectivity index is 1.51. The van der Waals surface area contributed by atoms with Crippen molar-refractivity contribution >= 4 is 11.6 Å². The van der Waals surface area contributed by atoms with Crippen LogP contribution in [0.3, 0.4) is 0 Å². The van der Waals surface area contributed by atoms with Gasteiger partial charge in [0.25, 0.3) is 5.91 Å². The first-order valence-corrected chi connectivity index (χ1v) is 8.99. The van der Waals surface area contributed by atoms with Crippen LogP contribution < -0.4 is 5.32 Å². The van der Waals surface area contributed by atoms with Gasteiger partial charge in [-0.25, -0.2) is 4.98 Å². The molecular weight excluding hydrogens is 352 g/mol. The van der Waals surface area contributed by atoms with Crippen LogP contribution in [-0.2, 0) is 6.54 Å². The molecule has 0 aliphatic heterocycles. The summed E-state index contributed by atoms with van der Waals surface area (Å²) in [6.07, 6.45) is 4.83. The summed E-state index contributed by atoms with van der Waals surface area (Å²) in [5.74, 6) is 0.559. The topological polar surface area (TPSA) is 73.0 Å². The molecule has 0 radical (unpaired) electrons. The SMILES string of the molecule is Cc1cc(C(=O)Nc2ccc(-c3cnco3)cc2)c(C)n1Cc1ccccn1. The molecule has 0 saturated carbocycles. The zero-order valence-electron chi connectivity index (χ0n) is 15.7. The van der Waals surface area contributed by atoms with Gasteiger partial charge < -0.3 is 14.3 Å². The molecule has 3 heterocycles. The van der Waals surface area contributed by atoms with Crippen LogP contribution in [0, 0.1) is 13.8 Å². The quantitative estimate of drug-likeness (QED) is 0.561. The number of carbonyl (C=O) groups excluding carboxylic acids is 1. The Morgan fingerprint density at radius 3 is 2.64 bits per heavy atom. The second-order valence-corrected chi connectivity index (χ2v) is 6.59. The average molecular weight is 372 g/mol. The van der Waals surface area contributed by atoms with E-state index in [0.717, 1.165) is 28.3 Å². The Morgan fingerprint density at radius 1 is 1.14 bits per heavy atom. The summed E-state index contributed by atoms with van der Waals surface area (Å²) >= 11 is 0. The molecular formula is C22H20N4O2. The molecule has 0 saturated heterocycles. The zero-order valence-corrected chi connectivity index (χ0v) is 15.7. The van der Waals surface area contributed by atoms with Gasteiger partial charge in [0.1, 0.15) is 0 Å². The number of pyridine rings is 1. The van der Waals surface area contributed by atoms with E-state index in [2.05, 4.69) is 19.9 Å². The molecule has 0 spiro atoms. The van der Waals surface area contributed by atoms with E-state index in [9.17, 15) is 4.79 Å². The molecule has 3 aromatic heterocycles. The van der Waals surface area contributed by atoms with E-state index in [4.69, 9.17) is 4.42 Å². The Morgan fingerprint density at radius 2 is 1.96 bits per heavy atom. The van der Waals surface area contributed by atoms with Crippen LogP contribution in [0.1, 0.15) is 27.4 Å². The standard InChI is InChI=1S/C22H20N4O2/c1-15-11-20(16(2)26(15)13-19-5-3-4-10-24-19)22(27)25-18-8-6-17(7-9-18)21-12-23-14-28-21/h3-12,14H,13H2,1-2H3,(H,25,27). The number of nitrogens with one attached hydrogen (secondary N) is 1. The number of carbonyl (C=O) groups is 1. The van der Waals surface area contributed by atoms with Gasteiger partial charge in [-0.15, -0.1) is 0 Å². The maximum absolute atomic E-state index is 12.8. The van der Waals surface area contributed by atoms with Crippen molar-refractivity contribution in [3.8, 4) is 11.3 Å². The van der Waals surface area contributed by atoms with Gasteiger partial charge in [0.05, 0.1) is 24.0 Å². The maximum atomic E-state index is 12.8. The van der Waals surface area contributed by atoms with Crippen molar-refractivity contribution in [3.05, 3.63) is 90.0 Å². The van der Waals surface area contributed by atoms with Crippen molar-refractivity contribution in [2.24, 2.45) is 0 Å². The van der Waals surface area contributed by atoms with Gasteiger partial charge in [-0.2, -0.15) is 0 Å². The third-order valence-electron chi connectivity index (χ3n) is 4.72. The Kier molecular flexibility index (Phi) is 4.76. The molecule has 6 heteroatoms. The molecule has 0 fully saturated rings. The van der Waals surface area contributed by atoms with Crippen molar-refractivity contribution in [1.29, 1.82) is 0 Å². The predicted octanol–water partition coefficient (Wildman–Crippen LogP) is 4.46. The zero-order chi connectivity index (χ0) is 19.5. The molecule has 0 atom stereocenters. The van der Waals surface area contributed by atoms with E-state index < -0.39 is 0 Å². The van der Waals surface area contributed by atoms with Crippen LogP contribution in [0.4, 0.5) is 5.69 Å². The number of rotatable bonds is 5. The largest absolute Gasteiger partial charge is 0.444 e. The van der Waals surface area contributed by atoms with Gasteiger partial charge in [0.2, 0.25) is 0 Å². The molecule has 0 bridgehead atoms. The van der Waals surface area contributed by atoms with Gasteiger partial charge in [-0.1, -0.05) is 6.07 Å². The van der Waals surface area contributed by atoms with Crippen molar-refractivity contribution in [1.82, 2.24) is 14.5 Å². The lowest BCUT2D eigenvalue weighted by atomic mass is 10.1. The van der Waals surface area contributed by atoms with E-state index in [0.29, 0.717) is 17.9 Å². The van der Waals surface area contributed by atoms with E-state index in [1.54, 1.807) is 12.4 Å². The number of amides is 1. The average Bonchev–Trinajstić information content (AvgIpc) is 3.34. The minimum Gasteiger partial charge on any atom is -0.444 e. The van der Waals surface area contributed by atoms with Crippen LogP contribution >= 0.6 is 0 Å². The first kappa shape index (κ1) is 17.7. The first-order valence-electron chi connectivity index (χ1n) is 8.99. The highest BCUT2D eigenvalue weighted by atomic mass is 16.3. The number of anilines is 1. The van der Waals surface area contributed by atoms with E-state index in [1.165, 1.54) is 6.39 Å². The number of oxazole rings is 1. The summed E-state index contributed by atoms with van der Waals surface area (Å²) in [4.78, 5) is 21.1. The van der Waals surface area contributed by atoms with Crippen LogP contribution in [0.25, 0.3) is 11.3 Å². The summed E-state index contributed by atoms with van der Waals surface area (Å²) in [5, 5.41) is 2.96. The third kappa shape index (κ3) is 3.57. The summed E-state index contributed by atoms with van der Waals surface area (Å²) in [6.45, 7) is 4.59. The van der Waals surface area contributed by atoms with Gasteiger partial charge in [-0.05, 0) is 56.3 Å². The fourth-order valence-electron chi connectivity index (χ4n) is 3.20. The van der Waals surface area contributed by atoms with E-state index in [1.807, 2.05) is 62.4 Å². The molecule has 4 rings (SSSR count). The molecule has 0 aliphatic carbocycles. The Hall–Kier alpha value is -3.67. The second-order valence-electron chi connectivity index (χ2n) is 6.59. The molecule has 28 heavy (non-hydrogen) atoms. The predicted molar refractivity (Wildman–Crippen MR) is 107 cm³/mol. The molecule has 140 valence electrons. The van der Waals surface area contributed by atoms with Gasteiger partial charge in [0, 0.05) is 28.8 Å². The van der Waals surface area contributed by atoms with E-state index in [-0.39, 0.29) is 5.91 Å². The Labute approximate surface area is 162 Å². The molecule has 1 amide bonds. The summed E-state index contributed by atoms with van der Waals surface area (Å²) in [6, 6.07) is 15.2. The first-order chi connectivity index (χ1) is 13.6. The highest BCUT2D eigenvalue weighted by Gasteiger charge is 2.16. The van der Waals surface area contributed by atoms with Crippen LogP contribution in [0.2, 0.25) is 0 Å². The van der Waals surface area contributed by atoms with Crippen molar-refractivity contribution in [3.63, 3.8) is 0 Å². The minimum absolute atomic E-state index is 0.132. The van der Waals surface area contributed by atoms with E-state index >= 15 is 0 Å². The van der Waals surface area contributed by atoms with Crippen molar-refractivity contribution in [2.45, 2.75) is 20.4 Å². The van der Waals surface area contributed by atoms with Gasteiger partial charge in [0.15, 0.2) is 12.2 Å². The molecule has 0 aliphatic rings. The monoisotopic (exact) mass is 372 g/mol. The number of nitrogens with zero attached hydrogens (tertiary/aromatic N) is 3. The number of hydrogen-bond acceptors (Lipinski definition) is 4. The molecule has 6 nitrogen and oxygen atoms in total. The second kappa shape index (κ2) is 7.52. The fourth-order valence-corrected chi connectivity index (χ4v) is 3.20. The molecule has 0 unspecified atom stereocenters. The lowest BCUT2D eigenvalue weighted by molar-refractivity contribution is 0.102. The van der Waals surface area contributed by atoms with Crippen LogP contribution in [0.5, 0.6) is 0 Å². The maximum Gasteiger partial charge on any atom is 0.257 e. The molecule has 1 N–H and O–H groups in total. The Bertz CT molecular complexity index is 1080. The minimum atomic E-state index is -0.132. The van der Waals surface area contributed by atoms with Gasteiger partial charge >= 0.3 is 0 Å². The van der Waals surface area contributed by atoms with Crippen LogP contribution in [0.15, 0.2) is 71.7 Å². The normalized spacial score (nSPS) is 10.8. The van der Waals surface area contributed by atoms with Crippen molar-refractivity contribution in [2.75, 3.05) is 5.32 Å². The van der Waals surface area contributed by atoms with Crippen LogP contribution in [-0.4, -0.2) is 20.4 Å². The lowest BCUT2D eigenvalue weighted by Crippen LogP contribution is -2.13. The summed E-state index contributed by atoms with van der Waals surface area (Å²) in [7, 11) is 0. The molecule has 1 aromatic carbocycles. The fraction of sp³-hybridized carbons (Fsp3) is 0.136. The highest BCUT2D eigenvalue weighted by molar-refractivity contribution is 6.05. The number of aryl methyl sites for hydroxylation is 1. The summed E-state index contributed by atoms with van der Waals surface area (Å²) < 4.78 is 7.39. The highest BCUT2D eigenvalue weighted by Crippen LogP contribution is 2.22. The number of benzene rings is 1. The third-order valence-corrected chi connectivity index (χ3v) is 4.72. The smallest absolute Gasteiger partial charge is 0.257 e. The van der Waals surface area contributed by atoms with Gasteiger partial charge in [-0.3, -0.25) is 9.78 Å². The lowest BCUT2D eigenvalue weighted by Gasteiger charge is -2.10. The van der Waals surface area contributed by atoms with Crippen molar-refractivity contribution < 1.29 is 9.21 Å².